The number of hydrogen-bond acceptors (Lipinski definition) is 5. The summed E-state index contributed by atoms with van der Waals surface area (Å²) in [7, 11) is -1.20. The molecule has 2 amide bonds. The highest BCUT2D eigenvalue weighted by Crippen LogP contribution is 2.30. The number of amides is 2. The first-order valence-electron chi connectivity index (χ1n) is 11.7. The van der Waals surface area contributed by atoms with Gasteiger partial charge in [-0.3, -0.25) is 13.9 Å². The van der Waals surface area contributed by atoms with Crippen molar-refractivity contribution >= 4 is 50.7 Å². The first kappa shape index (κ1) is 29.3. The van der Waals surface area contributed by atoms with Crippen LogP contribution in [-0.2, 0) is 26.2 Å². The van der Waals surface area contributed by atoms with Crippen molar-refractivity contribution in [2.45, 2.75) is 31.3 Å². The van der Waals surface area contributed by atoms with E-state index in [1.807, 2.05) is 6.92 Å². The van der Waals surface area contributed by atoms with Crippen LogP contribution in [0.4, 0.5) is 5.69 Å². The number of benzene rings is 3. The number of ether oxygens (including phenoxy) is 1. The zero-order valence-electron chi connectivity index (χ0n) is 21.4. The molecular formula is C27H29Cl2N3O5S. The van der Waals surface area contributed by atoms with E-state index in [2.05, 4.69) is 5.32 Å². The Kier molecular flexibility index (Phi) is 9.65. The predicted octanol–water partition coefficient (Wildman–Crippen LogP) is 4.67. The Morgan fingerprint density at radius 2 is 1.55 bits per heavy atom. The summed E-state index contributed by atoms with van der Waals surface area (Å²) in [5.41, 5.74) is 1.73. The third-order valence-electron chi connectivity index (χ3n) is 5.95. The van der Waals surface area contributed by atoms with Crippen LogP contribution < -0.4 is 14.4 Å². The van der Waals surface area contributed by atoms with E-state index in [1.165, 1.54) is 42.3 Å². The lowest BCUT2D eigenvalue weighted by Gasteiger charge is -2.32. The van der Waals surface area contributed by atoms with Crippen LogP contribution in [0.15, 0.2) is 71.6 Å². The van der Waals surface area contributed by atoms with E-state index in [1.54, 1.807) is 50.4 Å². The van der Waals surface area contributed by atoms with Gasteiger partial charge in [-0.15, -0.1) is 0 Å². The van der Waals surface area contributed by atoms with E-state index in [0.29, 0.717) is 5.75 Å². The number of halogens is 2. The fourth-order valence-corrected chi connectivity index (χ4v) is 5.68. The van der Waals surface area contributed by atoms with Gasteiger partial charge in [0, 0.05) is 23.6 Å². The second kappa shape index (κ2) is 12.5. The van der Waals surface area contributed by atoms with Crippen molar-refractivity contribution < 1.29 is 22.7 Å². The molecule has 3 rings (SSSR count). The number of carbonyl (C=O) groups is 2. The number of nitrogens with one attached hydrogen (secondary N) is 1. The van der Waals surface area contributed by atoms with Gasteiger partial charge < -0.3 is 15.0 Å². The Bertz CT molecular complexity index is 1380. The van der Waals surface area contributed by atoms with Crippen molar-refractivity contribution in [2.24, 2.45) is 0 Å². The normalized spacial score (nSPS) is 11.9. The number of anilines is 1. The number of hydrogen-bond donors (Lipinski definition) is 1. The van der Waals surface area contributed by atoms with E-state index >= 15 is 0 Å². The van der Waals surface area contributed by atoms with Gasteiger partial charge in [0.25, 0.3) is 10.0 Å². The summed E-state index contributed by atoms with van der Waals surface area (Å²) >= 11 is 12.4. The molecule has 0 fully saturated rings. The molecule has 38 heavy (non-hydrogen) atoms. The monoisotopic (exact) mass is 577 g/mol. The average Bonchev–Trinajstić information content (AvgIpc) is 2.89. The molecule has 0 aromatic heterocycles. The fourth-order valence-electron chi connectivity index (χ4n) is 3.77. The zero-order chi connectivity index (χ0) is 28.0. The Balaban J connectivity index is 2.05. The van der Waals surface area contributed by atoms with E-state index in [9.17, 15) is 18.0 Å². The Morgan fingerprint density at radius 3 is 2.08 bits per heavy atom. The van der Waals surface area contributed by atoms with Crippen molar-refractivity contribution in [3.63, 3.8) is 0 Å². The quantitative estimate of drug-likeness (QED) is 0.378. The van der Waals surface area contributed by atoms with Gasteiger partial charge in [0.2, 0.25) is 11.8 Å². The van der Waals surface area contributed by atoms with Gasteiger partial charge in [0.1, 0.15) is 18.3 Å². The molecule has 1 atom stereocenters. The summed E-state index contributed by atoms with van der Waals surface area (Å²) in [5, 5.41) is 2.96. The topological polar surface area (TPSA) is 96.0 Å². The summed E-state index contributed by atoms with van der Waals surface area (Å²) in [6.07, 6.45) is 0. The molecule has 3 aromatic rings. The van der Waals surface area contributed by atoms with Crippen LogP contribution in [0, 0.1) is 6.92 Å². The molecule has 0 heterocycles. The highest BCUT2D eigenvalue weighted by atomic mass is 35.5. The van der Waals surface area contributed by atoms with E-state index in [0.717, 1.165) is 15.4 Å². The molecular weight excluding hydrogens is 549 g/mol. The van der Waals surface area contributed by atoms with Crippen molar-refractivity contribution in [3.8, 4) is 5.75 Å². The SMILES string of the molecule is CNC(=O)[C@H](C)N(Cc1ccc(OC)cc1)C(=O)CN(c1cc(Cl)cc(Cl)c1)S(=O)(=O)c1ccc(C)cc1. The van der Waals surface area contributed by atoms with Crippen LogP contribution in [0.5, 0.6) is 5.75 Å². The van der Waals surface area contributed by atoms with Crippen molar-refractivity contribution in [1.29, 1.82) is 0 Å². The lowest BCUT2D eigenvalue weighted by molar-refractivity contribution is -0.139. The number of aryl methyl sites for hydroxylation is 1. The van der Waals surface area contributed by atoms with Gasteiger partial charge in [-0.2, -0.15) is 0 Å². The Morgan fingerprint density at radius 1 is 0.974 bits per heavy atom. The molecule has 0 spiro atoms. The van der Waals surface area contributed by atoms with E-state index in [-0.39, 0.29) is 27.2 Å². The average molecular weight is 579 g/mol. The largest absolute Gasteiger partial charge is 0.497 e. The smallest absolute Gasteiger partial charge is 0.264 e. The molecule has 0 unspecified atom stereocenters. The maximum Gasteiger partial charge on any atom is 0.264 e. The number of methoxy groups -OCH3 is 1. The van der Waals surface area contributed by atoms with Crippen LogP contribution in [0.3, 0.4) is 0 Å². The molecule has 3 aromatic carbocycles. The molecule has 1 N–H and O–H groups in total. The molecule has 0 saturated heterocycles. The van der Waals surface area contributed by atoms with Crippen molar-refractivity contribution in [3.05, 3.63) is 87.9 Å². The van der Waals surface area contributed by atoms with E-state index < -0.39 is 34.4 Å². The molecule has 0 aliphatic rings. The highest BCUT2D eigenvalue weighted by Gasteiger charge is 2.32. The van der Waals surface area contributed by atoms with Gasteiger partial charge in [0.15, 0.2) is 0 Å². The second-order valence-corrected chi connectivity index (χ2v) is 11.3. The minimum absolute atomic E-state index is 0.00643. The van der Waals surface area contributed by atoms with Crippen LogP contribution in [0.2, 0.25) is 10.0 Å². The van der Waals surface area contributed by atoms with Crippen LogP contribution in [-0.4, -0.2) is 51.9 Å². The molecule has 0 saturated carbocycles. The van der Waals surface area contributed by atoms with Gasteiger partial charge in [0.05, 0.1) is 17.7 Å². The summed E-state index contributed by atoms with van der Waals surface area (Å²) in [6.45, 7) is 2.89. The van der Waals surface area contributed by atoms with Crippen molar-refractivity contribution in [2.75, 3.05) is 25.0 Å². The van der Waals surface area contributed by atoms with E-state index in [4.69, 9.17) is 27.9 Å². The molecule has 0 aliphatic heterocycles. The Labute approximate surface area is 233 Å². The molecule has 8 nitrogen and oxygen atoms in total. The number of rotatable bonds is 10. The molecule has 202 valence electrons. The van der Waals surface area contributed by atoms with Crippen LogP contribution in [0.1, 0.15) is 18.1 Å². The highest BCUT2D eigenvalue weighted by molar-refractivity contribution is 7.92. The summed E-state index contributed by atoms with van der Waals surface area (Å²) in [4.78, 5) is 27.6. The predicted molar refractivity (Wildman–Crippen MR) is 149 cm³/mol. The minimum atomic E-state index is -4.21. The lowest BCUT2D eigenvalue weighted by atomic mass is 10.1. The standard InChI is InChI=1S/C27H29Cl2N3O5S/c1-18-5-11-25(12-6-18)38(35,36)32(23-14-21(28)13-22(29)15-23)17-26(33)31(19(2)27(34)30-3)16-20-7-9-24(37-4)10-8-20/h5-15,19H,16-17H2,1-4H3,(H,30,34)/t19-/m0/s1. The molecule has 0 radical (unpaired) electrons. The zero-order valence-corrected chi connectivity index (χ0v) is 23.8. The maximum absolute atomic E-state index is 13.8. The Hall–Kier alpha value is -3.27. The van der Waals surface area contributed by atoms with Crippen molar-refractivity contribution in [1.82, 2.24) is 10.2 Å². The van der Waals surface area contributed by atoms with Crippen LogP contribution >= 0.6 is 23.2 Å². The molecule has 0 aliphatic carbocycles. The lowest BCUT2D eigenvalue weighted by Crippen LogP contribution is -2.50. The number of likely N-dealkylation sites (N-methyl/N-ethyl adjacent to an activating group) is 1. The fraction of sp³-hybridized carbons (Fsp3) is 0.259. The minimum Gasteiger partial charge on any atom is -0.497 e. The first-order valence-corrected chi connectivity index (χ1v) is 13.9. The number of nitrogens with zero attached hydrogens (tertiary/aromatic N) is 2. The van der Waals surface area contributed by atoms with Gasteiger partial charge in [-0.1, -0.05) is 53.0 Å². The molecule has 0 bridgehead atoms. The van der Waals surface area contributed by atoms with Gasteiger partial charge in [-0.05, 0) is 61.9 Å². The third-order valence-corrected chi connectivity index (χ3v) is 8.17. The summed E-state index contributed by atoms with van der Waals surface area (Å²) in [5.74, 6) is -0.353. The number of carbonyl (C=O) groups excluding carboxylic acids is 2. The third kappa shape index (κ3) is 6.98. The molecule has 11 heteroatoms. The van der Waals surface area contributed by atoms with Gasteiger partial charge in [-0.25, -0.2) is 8.42 Å². The van der Waals surface area contributed by atoms with Crippen LogP contribution in [0.25, 0.3) is 0 Å². The summed E-state index contributed by atoms with van der Waals surface area (Å²) in [6, 6.07) is 16.7. The first-order chi connectivity index (χ1) is 18.0. The number of sulfonamides is 1. The summed E-state index contributed by atoms with van der Waals surface area (Å²) < 4.78 is 33.7. The maximum atomic E-state index is 13.8. The second-order valence-electron chi connectivity index (χ2n) is 8.61. The van der Waals surface area contributed by atoms with Gasteiger partial charge >= 0.3 is 0 Å².